The minimum absolute atomic E-state index is 0. The van der Waals surface area contributed by atoms with E-state index in [1.165, 1.54) is 12.0 Å². The first kappa shape index (κ1) is 19.4. The molecule has 3 N–H and O–H groups in total. The summed E-state index contributed by atoms with van der Waals surface area (Å²) in [5, 5.41) is 0. The fraction of sp³-hybridized carbons (Fsp3) is 0.625. The molecule has 0 aromatic heterocycles. The first-order chi connectivity index (χ1) is 9.95. The lowest BCUT2D eigenvalue weighted by Crippen LogP contribution is -2.51. The molecule has 1 aliphatic carbocycles. The summed E-state index contributed by atoms with van der Waals surface area (Å²) >= 11 is 0. The van der Waals surface area contributed by atoms with Crippen LogP contribution >= 0.6 is 12.4 Å². The number of benzene rings is 1. The van der Waals surface area contributed by atoms with Crippen LogP contribution in [-0.2, 0) is 16.4 Å². The number of nitrogens with two attached hydrogens (primary N) is 1. The SMILES string of the molecule is CCCc1ccc(S(=O)(=O)NCC2(N)CCCCC2)cc1.Cl. The molecule has 4 nitrogen and oxygen atoms in total. The minimum Gasteiger partial charge on any atom is -0.324 e. The van der Waals surface area contributed by atoms with Crippen molar-refractivity contribution in [3.8, 4) is 0 Å². The van der Waals surface area contributed by atoms with E-state index in [2.05, 4.69) is 11.6 Å². The monoisotopic (exact) mass is 346 g/mol. The van der Waals surface area contributed by atoms with E-state index in [9.17, 15) is 8.42 Å². The zero-order valence-electron chi connectivity index (χ0n) is 13.2. The topological polar surface area (TPSA) is 72.2 Å². The Morgan fingerprint density at radius 1 is 1.14 bits per heavy atom. The zero-order valence-corrected chi connectivity index (χ0v) is 14.8. The highest BCUT2D eigenvalue weighted by Crippen LogP contribution is 2.25. The van der Waals surface area contributed by atoms with Crippen LogP contribution in [-0.4, -0.2) is 20.5 Å². The molecule has 1 fully saturated rings. The predicted octanol–water partition coefficient (Wildman–Crippen LogP) is 3.00. The van der Waals surface area contributed by atoms with E-state index in [0.29, 0.717) is 11.4 Å². The molecule has 1 aromatic rings. The molecule has 0 amide bonds. The van der Waals surface area contributed by atoms with Crippen molar-refractivity contribution in [1.29, 1.82) is 0 Å². The summed E-state index contributed by atoms with van der Waals surface area (Å²) in [6.07, 6.45) is 7.19. The molecule has 22 heavy (non-hydrogen) atoms. The Hall–Kier alpha value is -0.620. The summed E-state index contributed by atoms with van der Waals surface area (Å²) in [6.45, 7) is 2.43. The normalized spacial score (nSPS) is 17.7. The standard InChI is InChI=1S/C16H26N2O2S.ClH/c1-2-6-14-7-9-15(10-8-14)21(19,20)18-13-16(17)11-4-3-5-12-16;/h7-10,18H,2-6,11-13,17H2,1H3;1H. The molecule has 1 saturated carbocycles. The highest BCUT2D eigenvalue weighted by Gasteiger charge is 2.29. The summed E-state index contributed by atoms with van der Waals surface area (Å²) in [4.78, 5) is 0.321. The van der Waals surface area contributed by atoms with E-state index in [-0.39, 0.29) is 17.9 Å². The Balaban J connectivity index is 0.00000242. The fourth-order valence-electron chi connectivity index (χ4n) is 2.88. The third-order valence-electron chi connectivity index (χ3n) is 4.24. The van der Waals surface area contributed by atoms with Gasteiger partial charge in [-0.25, -0.2) is 13.1 Å². The van der Waals surface area contributed by atoms with Crippen LogP contribution in [0.3, 0.4) is 0 Å². The molecule has 0 atom stereocenters. The Kier molecular flexibility index (Phi) is 7.32. The Labute approximate surface area is 140 Å². The average molecular weight is 347 g/mol. The van der Waals surface area contributed by atoms with Crippen LogP contribution in [0.4, 0.5) is 0 Å². The van der Waals surface area contributed by atoms with Crippen LogP contribution in [0.2, 0.25) is 0 Å². The van der Waals surface area contributed by atoms with Crippen molar-refractivity contribution in [2.75, 3.05) is 6.54 Å². The van der Waals surface area contributed by atoms with Gasteiger partial charge in [0, 0.05) is 12.1 Å². The largest absolute Gasteiger partial charge is 0.324 e. The third kappa shape index (κ3) is 5.23. The molecule has 6 heteroatoms. The van der Waals surface area contributed by atoms with Gasteiger partial charge in [-0.05, 0) is 37.0 Å². The molecule has 0 radical (unpaired) electrons. The maximum absolute atomic E-state index is 12.3. The number of nitrogens with one attached hydrogen (secondary N) is 1. The summed E-state index contributed by atoms with van der Waals surface area (Å²) in [5.41, 5.74) is 7.07. The molecular formula is C16H27ClN2O2S. The minimum atomic E-state index is -3.46. The van der Waals surface area contributed by atoms with E-state index in [1.807, 2.05) is 12.1 Å². The Bertz CT molecular complexity index is 552. The van der Waals surface area contributed by atoms with E-state index < -0.39 is 10.0 Å². The molecule has 1 aliphatic rings. The molecule has 0 heterocycles. The summed E-state index contributed by atoms with van der Waals surface area (Å²) in [7, 11) is -3.46. The van der Waals surface area contributed by atoms with Crippen molar-refractivity contribution in [1.82, 2.24) is 4.72 Å². The lowest BCUT2D eigenvalue weighted by Gasteiger charge is -2.33. The fourth-order valence-corrected chi connectivity index (χ4v) is 4.02. The van der Waals surface area contributed by atoms with Gasteiger partial charge in [-0.15, -0.1) is 12.4 Å². The summed E-state index contributed by atoms with van der Waals surface area (Å²) in [6, 6.07) is 7.13. The Morgan fingerprint density at radius 3 is 2.27 bits per heavy atom. The highest BCUT2D eigenvalue weighted by molar-refractivity contribution is 7.89. The van der Waals surface area contributed by atoms with Gasteiger partial charge in [0.2, 0.25) is 10.0 Å². The molecule has 0 bridgehead atoms. The van der Waals surface area contributed by atoms with Crippen molar-refractivity contribution in [3.63, 3.8) is 0 Å². The molecule has 0 saturated heterocycles. The second kappa shape index (κ2) is 8.29. The van der Waals surface area contributed by atoms with Crippen LogP contribution in [0.25, 0.3) is 0 Å². The molecule has 0 aliphatic heterocycles. The van der Waals surface area contributed by atoms with Crippen molar-refractivity contribution in [2.45, 2.75) is 62.3 Å². The summed E-state index contributed by atoms with van der Waals surface area (Å²) < 4.78 is 27.3. The van der Waals surface area contributed by atoms with Crippen molar-refractivity contribution in [2.24, 2.45) is 5.73 Å². The Morgan fingerprint density at radius 2 is 1.73 bits per heavy atom. The molecule has 0 unspecified atom stereocenters. The van der Waals surface area contributed by atoms with Gasteiger partial charge in [0.25, 0.3) is 0 Å². The van der Waals surface area contributed by atoms with E-state index in [4.69, 9.17) is 5.73 Å². The van der Waals surface area contributed by atoms with Gasteiger partial charge in [-0.1, -0.05) is 44.7 Å². The maximum Gasteiger partial charge on any atom is 0.240 e. The molecular weight excluding hydrogens is 320 g/mol. The number of halogens is 1. The van der Waals surface area contributed by atoms with Crippen molar-refractivity contribution < 1.29 is 8.42 Å². The number of sulfonamides is 1. The van der Waals surface area contributed by atoms with E-state index in [1.54, 1.807) is 12.1 Å². The van der Waals surface area contributed by atoms with E-state index >= 15 is 0 Å². The number of hydrogen-bond donors (Lipinski definition) is 2. The van der Waals surface area contributed by atoms with Crippen LogP contribution in [0.5, 0.6) is 0 Å². The first-order valence-corrected chi connectivity index (χ1v) is 9.31. The van der Waals surface area contributed by atoms with Crippen LogP contribution < -0.4 is 10.5 Å². The molecule has 1 aromatic carbocycles. The average Bonchev–Trinajstić information content (AvgIpc) is 2.47. The van der Waals surface area contributed by atoms with Crippen LogP contribution in [0.15, 0.2) is 29.2 Å². The lowest BCUT2D eigenvalue weighted by atomic mass is 9.83. The quantitative estimate of drug-likeness (QED) is 0.831. The molecule has 126 valence electrons. The maximum atomic E-state index is 12.3. The molecule has 0 spiro atoms. The van der Waals surface area contributed by atoms with Crippen molar-refractivity contribution >= 4 is 22.4 Å². The lowest BCUT2D eigenvalue weighted by molar-refractivity contribution is 0.296. The van der Waals surface area contributed by atoms with Gasteiger partial charge >= 0.3 is 0 Å². The zero-order chi connectivity index (χ0) is 15.3. The van der Waals surface area contributed by atoms with E-state index in [0.717, 1.165) is 38.5 Å². The third-order valence-corrected chi connectivity index (χ3v) is 5.65. The predicted molar refractivity (Wildman–Crippen MR) is 92.9 cm³/mol. The van der Waals surface area contributed by atoms with Gasteiger partial charge in [0.15, 0.2) is 0 Å². The second-order valence-electron chi connectivity index (χ2n) is 6.14. The van der Waals surface area contributed by atoms with Crippen LogP contribution in [0.1, 0.15) is 51.0 Å². The smallest absolute Gasteiger partial charge is 0.240 e. The highest BCUT2D eigenvalue weighted by atomic mass is 35.5. The molecule has 2 rings (SSSR count). The number of rotatable bonds is 6. The van der Waals surface area contributed by atoms with Gasteiger partial charge in [-0.3, -0.25) is 0 Å². The number of aryl methyl sites for hydroxylation is 1. The van der Waals surface area contributed by atoms with Crippen molar-refractivity contribution in [3.05, 3.63) is 29.8 Å². The summed E-state index contributed by atoms with van der Waals surface area (Å²) in [5.74, 6) is 0. The van der Waals surface area contributed by atoms with Gasteiger partial charge in [0.1, 0.15) is 0 Å². The van der Waals surface area contributed by atoms with Gasteiger partial charge in [0.05, 0.1) is 4.90 Å². The second-order valence-corrected chi connectivity index (χ2v) is 7.91. The van der Waals surface area contributed by atoms with Crippen LogP contribution in [0, 0.1) is 0 Å². The van der Waals surface area contributed by atoms with Gasteiger partial charge < -0.3 is 5.73 Å². The number of hydrogen-bond acceptors (Lipinski definition) is 3. The van der Waals surface area contributed by atoms with Gasteiger partial charge in [-0.2, -0.15) is 0 Å². The first-order valence-electron chi connectivity index (χ1n) is 7.83.